The topological polar surface area (TPSA) is 79.8 Å². The van der Waals surface area contributed by atoms with Crippen molar-refractivity contribution in [2.75, 3.05) is 5.32 Å². The normalized spacial score (nSPS) is 10.3. The summed E-state index contributed by atoms with van der Waals surface area (Å²) in [4.78, 5) is 24.5. The van der Waals surface area contributed by atoms with Crippen LogP contribution in [0.4, 0.5) is 11.5 Å². The lowest BCUT2D eigenvalue weighted by atomic mass is 10.3. The Balaban J connectivity index is 1.69. The van der Waals surface area contributed by atoms with E-state index in [1.165, 1.54) is 6.33 Å². The molecule has 2 aromatic heterocycles. The predicted octanol–water partition coefficient (Wildman–Crippen LogP) is 3.85. The van der Waals surface area contributed by atoms with E-state index in [-0.39, 0.29) is 11.6 Å². The van der Waals surface area contributed by atoms with Gasteiger partial charge in [-0.25, -0.2) is 9.97 Å². The summed E-state index contributed by atoms with van der Waals surface area (Å²) >= 11 is 12.0. The summed E-state index contributed by atoms with van der Waals surface area (Å²) in [5.41, 5.74) is 1.62. The largest absolute Gasteiger partial charge is 0.345 e. The SMILES string of the molecule is O=C(NCc1ccccn1)c1cc(Nc2ccc(Cl)cc2Cl)ncn1. The highest BCUT2D eigenvalue weighted by Crippen LogP contribution is 2.27. The number of amides is 1. The number of benzene rings is 1. The number of aromatic nitrogens is 3. The zero-order valence-corrected chi connectivity index (χ0v) is 14.4. The van der Waals surface area contributed by atoms with Crippen molar-refractivity contribution in [2.45, 2.75) is 6.54 Å². The van der Waals surface area contributed by atoms with Crippen LogP contribution in [-0.4, -0.2) is 20.9 Å². The second kappa shape index (κ2) is 7.92. The Bertz CT molecular complexity index is 889. The molecule has 3 rings (SSSR count). The van der Waals surface area contributed by atoms with Gasteiger partial charge in [0.15, 0.2) is 0 Å². The molecule has 0 spiro atoms. The van der Waals surface area contributed by atoms with Crippen LogP contribution < -0.4 is 10.6 Å². The summed E-state index contributed by atoms with van der Waals surface area (Å²) in [6, 6.07) is 12.1. The molecule has 6 nitrogen and oxygen atoms in total. The second-order valence-corrected chi connectivity index (χ2v) is 5.89. The number of hydrogen-bond donors (Lipinski definition) is 2. The van der Waals surface area contributed by atoms with E-state index in [2.05, 4.69) is 25.6 Å². The zero-order chi connectivity index (χ0) is 17.6. The highest BCUT2D eigenvalue weighted by atomic mass is 35.5. The zero-order valence-electron chi connectivity index (χ0n) is 12.9. The third-order valence-electron chi connectivity index (χ3n) is 3.25. The summed E-state index contributed by atoms with van der Waals surface area (Å²) in [5.74, 6) is 0.125. The quantitative estimate of drug-likeness (QED) is 0.709. The Hall–Kier alpha value is -2.70. The van der Waals surface area contributed by atoms with Crippen molar-refractivity contribution in [3.63, 3.8) is 0 Å². The molecule has 126 valence electrons. The Morgan fingerprint density at radius 2 is 1.92 bits per heavy atom. The number of carbonyl (C=O) groups is 1. The molecule has 0 aliphatic carbocycles. The van der Waals surface area contributed by atoms with Gasteiger partial charge in [-0.3, -0.25) is 9.78 Å². The van der Waals surface area contributed by atoms with Crippen molar-refractivity contribution >= 4 is 40.6 Å². The molecule has 0 unspecified atom stereocenters. The van der Waals surface area contributed by atoms with Crippen LogP contribution in [0.5, 0.6) is 0 Å². The van der Waals surface area contributed by atoms with Gasteiger partial charge in [0.1, 0.15) is 17.8 Å². The number of rotatable bonds is 5. The smallest absolute Gasteiger partial charge is 0.270 e. The number of halogens is 2. The van der Waals surface area contributed by atoms with E-state index in [1.807, 2.05) is 18.2 Å². The minimum atomic E-state index is -0.321. The summed E-state index contributed by atoms with van der Waals surface area (Å²) < 4.78 is 0. The number of nitrogens with zero attached hydrogens (tertiary/aromatic N) is 3. The molecule has 0 saturated carbocycles. The number of pyridine rings is 1. The number of anilines is 2. The van der Waals surface area contributed by atoms with E-state index in [0.717, 1.165) is 5.69 Å². The third-order valence-corrected chi connectivity index (χ3v) is 3.80. The lowest BCUT2D eigenvalue weighted by Gasteiger charge is -2.09. The van der Waals surface area contributed by atoms with Gasteiger partial charge in [0.25, 0.3) is 5.91 Å². The molecular weight excluding hydrogens is 361 g/mol. The second-order valence-electron chi connectivity index (χ2n) is 5.04. The van der Waals surface area contributed by atoms with Crippen LogP contribution in [0, 0.1) is 0 Å². The molecule has 2 N–H and O–H groups in total. The van der Waals surface area contributed by atoms with Crippen LogP contribution in [0.3, 0.4) is 0 Å². The molecule has 0 saturated heterocycles. The fourth-order valence-electron chi connectivity index (χ4n) is 2.04. The van der Waals surface area contributed by atoms with Crippen LogP contribution in [0.25, 0.3) is 0 Å². The molecule has 0 fully saturated rings. The first-order valence-corrected chi connectivity index (χ1v) is 8.09. The van der Waals surface area contributed by atoms with Gasteiger partial charge in [-0.1, -0.05) is 29.3 Å². The monoisotopic (exact) mass is 373 g/mol. The van der Waals surface area contributed by atoms with Gasteiger partial charge in [0.2, 0.25) is 0 Å². The number of nitrogens with one attached hydrogen (secondary N) is 2. The Labute approximate surface area is 154 Å². The van der Waals surface area contributed by atoms with Crippen molar-refractivity contribution < 1.29 is 4.79 Å². The summed E-state index contributed by atoms with van der Waals surface area (Å²) in [7, 11) is 0. The molecule has 0 radical (unpaired) electrons. The summed E-state index contributed by atoms with van der Waals surface area (Å²) in [6.45, 7) is 0.315. The minimum Gasteiger partial charge on any atom is -0.345 e. The van der Waals surface area contributed by atoms with Gasteiger partial charge >= 0.3 is 0 Å². The molecule has 25 heavy (non-hydrogen) atoms. The Morgan fingerprint density at radius 3 is 2.68 bits per heavy atom. The molecule has 0 bridgehead atoms. The average Bonchev–Trinajstić information content (AvgIpc) is 2.63. The van der Waals surface area contributed by atoms with Gasteiger partial charge in [-0.15, -0.1) is 0 Å². The van der Waals surface area contributed by atoms with Crippen molar-refractivity contribution in [1.29, 1.82) is 0 Å². The van der Waals surface area contributed by atoms with Gasteiger partial charge in [-0.05, 0) is 30.3 Å². The van der Waals surface area contributed by atoms with Crippen LogP contribution in [0.15, 0.2) is 55.0 Å². The van der Waals surface area contributed by atoms with Crippen LogP contribution >= 0.6 is 23.2 Å². The van der Waals surface area contributed by atoms with Gasteiger partial charge in [0.05, 0.1) is 22.9 Å². The first-order chi connectivity index (χ1) is 12.1. The fraction of sp³-hybridized carbons (Fsp3) is 0.0588. The molecule has 1 amide bonds. The van der Waals surface area contributed by atoms with Crippen molar-refractivity contribution in [2.24, 2.45) is 0 Å². The van der Waals surface area contributed by atoms with Crippen LogP contribution in [-0.2, 0) is 6.54 Å². The number of carbonyl (C=O) groups excluding carboxylic acids is 1. The highest BCUT2D eigenvalue weighted by molar-refractivity contribution is 6.36. The molecule has 0 aliphatic rings. The van der Waals surface area contributed by atoms with E-state index in [9.17, 15) is 4.79 Å². The minimum absolute atomic E-state index is 0.235. The van der Waals surface area contributed by atoms with E-state index >= 15 is 0 Å². The first kappa shape index (κ1) is 17.1. The maximum atomic E-state index is 12.2. The Kier molecular flexibility index (Phi) is 5.42. The van der Waals surface area contributed by atoms with Crippen molar-refractivity contribution in [3.05, 3.63) is 76.4 Å². The van der Waals surface area contributed by atoms with Gasteiger partial charge in [0, 0.05) is 17.3 Å². The van der Waals surface area contributed by atoms with E-state index < -0.39 is 0 Å². The molecule has 1 aromatic carbocycles. The van der Waals surface area contributed by atoms with Crippen LogP contribution in [0.1, 0.15) is 16.2 Å². The average molecular weight is 374 g/mol. The number of hydrogen-bond acceptors (Lipinski definition) is 5. The van der Waals surface area contributed by atoms with Crippen LogP contribution in [0.2, 0.25) is 10.0 Å². The molecule has 8 heteroatoms. The molecular formula is C17H13Cl2N5O. The van der Waals surface area contributed by atoms with E-state index in [0.29, 0.717) is 28.1 Å². The van der Waals surface area contributed by atoms with E-state index in [1.54, 1.807) is 30.5 Å². The first-order valence-electron chi connectivity index (χ1n) is 7.34. The predicted molar refractivity (Wildman–Crippen MR) is 97.2 cm³/mol. The van der Waals surface area contributed by atoms with Crippen molar-refractivity contribution in [1.82, 2.24) is 20.3 Å². The van der Waals surface area contributed by atoms with Crippen molar-refractivity contribution in [3.8, 4) is 0 Å². The van der Waals surface area contributed by atoms with Gasteiger partial charge < -0.3 is 10.6 Å². The maximum Gasteiger partial charge on any atom is 0.270 e. The standard InChI is InChI=1S/C17H13Cl2N5O/c18-11-4-5-14(13(19)7-11)24-16-8-15(22-10-23-16)17(25)21-9-12-3-1-2-6-20-12/h1-8,10H,9H2,(H,21,25)(H,22,23,24). The van der Waals surface area contributed by atoms with E-state index in [4.69, 9.17) is 23.2 Å². The van der Waals surface area contributed by atoms with Gasteiger partial charge in [-0.2, -0.15) is 0 Å². The third kappa shape index (κ3) is 4.65. The lowest BCUT2D eigenvalue weighted by Crippen LogP contribution is -2.24. The fourth-order valence-corrected chi connectivity index (χ4v) is 2.50. The Morgan fingerprint density at radius 1 is 1.04 bits per heavy atom. The molecule has 0 aliphatic heterocycles. The lowest BCUT2D eigenvalue weighted by molar-refractivity contribution is 0.0945. The summed E-state index contributed by atoms with van der Waals surface area (Å²) in [6.07, 6.45) is 2.98. The maximum absolute atomic E-state index is 12.2. The summed E-state index contributed by atoms with van der Waals surface area (Å²) in [5, 5.41) is 6.78. The molecule has 2 heterocycles. The molecule has 3 aromatic rings. The molecule has 0 atom stereocenters. The highest BCUT2D eigenvalue weighted by Gasteiger charge is 2.10.